The molecule has 2 atom stereocenters. The largest absolute Gasteiger partial charge is 0.490 e. The van der Waals surface area contributed by atoms with Gasteiger partial charge in [-0.05, 0) is 80.7 Å². The standard InChI is InChI=1S/C21H28N2O4S/c1-2-21(24)22-17-11-15-13-23(14-16(15)12-17)28(25,26)20-9-7-19(8-10-20)27-18-5-3-4-6-18/h2,7-10,15-18H,1,3-6,11-14H2,(H,22,24). The van der Waals surface area contributed by atoms with Gasteiger partial charge in [-0.15, -0.1) is 0 Å². The number of hydrogen-bond acceptors (Lipinski definition) is 4. The van der Waals surface area contributed by atoms with E-state index in [0.717, 1.165) is 31.4 Å². The van der Waals surface area contributed by atoms with E-state index in [1.807, 2.05) is 0 Å². The Bertz CT molecular complexity index is 816. The van der Waals surface area contributed by atoms with Crippen molar-refractivity contribution in [2.45, 2.75) is 55.6 Å². The number of nitrogens with one attached hydrogen (secondary N) is 1. The third-order valence-electron chi connectivity index (χ3n) is 6.32. The summed E-state index contributed by atoms with van der Waals surface area (Å²) in [5, 5.41) is 2.94. The van der Waals surface area contributed by atoms with Crippen LogP contribution in [0.3, 0.4) is 0 Å². The van der Waals surface area contributed by atoms with Crippen molar-refractivity contribution in [3.63, 3.8) is 0 Å². The summed E-state index contributed by atoms with van der Waals surface area (Å²) in [6, 6.07) is 6.96. The highest BCUT2D eigenvalue weighted by molar-refractivity contribution is 7.89. The van der Waals surface area contributed by atoms with Gasteiger partial charge in [-0.1, -0.05) is 6.58 Å². The molecule has 28 heavy (non-hydrogen) atoms. The Balaban J connectivity index is 1.37. The summed E-state index contributed by atoms with van der Waals surface area (Å²) >= 11 is 0. The molecule has 1 amide bonds. The first kappa shape index (κ1) is 19.5. The smallest absolute Gasteiger partial charge is 0.243 e. The Morgan fingerprint density at radius 1 is 1.11 bits per heavy atom. The van der Waals surface area contributed by atoms with Gasteiger partial charge < -0.3 is 10.1 Å². The second kappa shape index (κ2) is 7.87. The minimum Gasteiger partial charge on any atom is -0.490 e. The van der Waals surface area contributed by atoms with Crippen molar-refractivity contribution in [2.24, 2.45) is 11.8 Å². The fourth-order valence-corrected chi connectivity index (χ4v) is 6.42. The van der Waals surface area contributed by atoms with E-state index in [1.165, 1.54) is 18.9 Å². The Morgan fingerprint density at radius 2 is 1.71 bits per heavy atom. The van der Waals surface area contributed by atoms with E-state index in [1.54, 1.807) is 28.6 Å². The lowest BCUT2D eigenvalue weighted by atomic mass is 10.0. The molecule has 1 aromatic rings. The quantitative estimate of drug-likeness (QED) is 0.740. The summed E-state index contributed by atoms with van der Waals surface area (Å²) in [6.45, 7) is 4.52. The predicted molar refractivity (Wildman–Crippen MR) is 106 cm³/mol. The summed E-state index contributed by atoms with van der Waals surface area (Å²) in [7, 11) is -3.50. The van der Waals surface area contributed by atoms with Crippen LogP contribution in [0.2, 0.25) is 0 Å². The first-order chi connectivity index (χ1) is 13.5. The summed E-state index contributed by atoms with van der Waals surface area (Å²) in [4.78, 5) is 11.8. The maximum absolute atomic E-state index is 13.0. The highest BCUT2D eigenvalue weighted by Crippen LogP contribution is 2.40. The SMILES string of the molecule is C=CC(=O)NC1CC2CN(S(=O)(=O)c3ccc(OC4CCCC4)cc3)CC2C1. The number of amides is 1. The van der Waals surface area contributed by atoms with Gasteiger partial charge in [0.2, 0.25) is 15.9 Å². The number of carbonyl (C=O) groups excluding carboxylic acids is 1. The molecule has 0 radical (unpaired) electrons. The fourth-order valence-electron chi connectivity index (χ4n) is 4.87. The minimum absolute atomic E-state index is 0.123. The first-order valence-corrected chi connectivity index (χ1v) is 11.6. The highest BCUT2D eigenvalue weighted by Gasteiger charge is 2.45. The number of nitrogens with zero attached hydrogens (tertiary/aromatic N) is 1. The van der Waals surface area contributed by atoms with Crippen molar-refractivity contribution < 1.29 is 17.9 Å². The van der Waals surface area contributed by atoms with Crippen LogP contribution in [-0.2, 0) is 14.8 Å². The van der Waals surface area contributed by atoms with Crippen LogP contribution < -0.4 is 10.1 Å². The van der Waals surface area contributed by atoms with Crippen LogP contribution >= 0.6 is 0 Å². The minimum atomic E-state index is -3.50. The maximum Gasteiger partial charge on any atom is 0.243 e. The van der Waals surface area contributed by atoms with E-state index in [-0.39, 0.29) is 18.1 Å². The van der Waals surface area contributed by atoms with Gasteiger partial charge in [0.05, 0.1) is 11.0 Å². The molecule has 7 heteroatoms. The number of sulfonamides is 1. The van der Waals surface area contributed by atoms with E-state index < -0.39 is 10.0 Å². The summed E-state index contributed by atoms with van der Waals surface area (Å²) in [5.41, 5.74) is 0. The fraction of sp³-hybridized carbons (Fsp3) is 0.571. The van der Waals surface area contributed by atoms with Gasteiger partial charge in [0.25, 0.3) is 0 Å². The molecular formula is C21H28N2O4S. The van der Waals surface area contributed by atoms with Crippen LogP contribution in [0.15, 0.2) is 41.8 Å². The van der Waals surface area contributed by atoms with Crippen LogP contribution in [0.4, 0.5) is 0 Å². The molecule has 0 spiro atoms. The van der Waals surface area contributed by atoms with Gasteiger partial charge in [0.1, 0.15) is 5.75 Å². The number of benzene rings is 1. The third-order valence-corrected chi connectivity index (χ3v) is 8.16. The van der Waals surface area contributed by atoms with Crippen LogP contribution in [0, 0.1) is 11.8 Å². The molecule has 1 aliphatic heterocycles. The van der Waals surface area contributed by atoms with E-state index in [2.05, 4.69) is 11.9 Å². The second-order valence-corrected chi connectivity index (χ2v) is 10.2. The molecule has 1 saturated heterocycles. The zero-order valence-corrected chi connectivity index (χ0v) is 16.9. The van der Waals surface area contributed by atoms with Crippen molar-refractivity contribution in [3.05, 3.63) is 36.9 Å². The van der Waals surface area contributed by atoms with Crippen molar-refractivity contribution in [1.82, 2.24) is 9.62 Å². The first-order valence-electron chi connectivity index (χ1n) is 10.2. The van der Waals surface area contributed by atoms with E-state index >= 15 is 0 Å². The van der Waals surface area contributed by atoms with Crippen LogP contribution in [0.1, 0.15) is 38.5 Å². The van der Waals surface area contributed by atoms with Crippen molar-refractivity contribution in [2.75, 3.05) is 13.1 Å². The molecule has 1 heterocycles. The third kappa shape index (κ3) is 3.96. The number of hydrogen-bond donors (Lipinski definition) is 1. The molecule has 152 valence electrons. The van der Waals surface area contributed by atoms with Crippen LogP contribution in [0.25, 0.3) is 0 Å². The summed E-state index contributed by atoms with van der Waals surface area (Å²) in [5.74, 6) is 1.18. The van der Waals surface area contributed by atoms with Crippen molar-refractivity contribution in [1.29, 1.82) is 0 Å². The highest BCUT2D eigenvalue weighted by atomic mass is 32.2. The van der Waals surface area contributed by atoms with Crippen molar-refractivity contribution >= 4 is 15.9 Å². The second-order valence-electron chi connectivity index (χ2n) is 8.22. The van der Waals surface area contributed by atoms with Crippen LogP contribution in [0.5, 0.6) is 5.75 Å². The van der Waals surface area contributed by atoms with E-state index in [4.69, 9.17) is 4.74 Å². The number of ether oxygens (including phenoxy) is 1. The monoisotopic (exact) mass is 404 g/mol. The Kier molecular flexibility index (Phi) is 5.47. The molecule has 1 N–H and O–H groups in total. The molecular weight excluding hydrogens is 376 g/mol. The molecule has 1 aromatic carbocycles. The van der Waals surface area contributed by atoms with Gasteiger partial charge in [-0.3, -0.25) is 4.79 Å². The summed E-state index contributed by atoms with van der Waals surface area (Å²) < 4.78 is 33.6. The average molecular weight is 405 g/mol. The maximum atomic E-state index is 13.0. The van der Waals surface area contributed by atoms with Gasteiger partial charge in [0.15, 0.2) is 0 Å². The normalized spacial score (nSPS) is 28.2. The molecule has 3 aliphatic rings. The van der Waals surface area contributed by atoms with Crippen molar-refractivity contribution in [3.8, 4) is 5.75 Å². The Morgan fingerprint density at radius 3 is 2.29 bits per heavy atom. The topological polar surface area (TPSA) is 75.7 Å². The van der Waals surface area contributed by atoms with E-state index in [0.29, 0.717) is 29.8 Å². The van der Waals surface area contributed by atoms with Gasteiger partial charge in [0, 0.05) is 19.1 Å². The lowest BCUT2D eigenvalue weighted by Gasteiger charge is -2.20. The van der Waals surface area contributed by atoms with Gasteiger partial charge in [-0.25, -0.2) is 8.42 Å². The summed E-state index contributed by atoms with van der Waals surface area (Å²) in [6.07, 6.45) is 7.74. The average Bonchev–Trinajstić information content (AvgIpc) is 3.39. The molecule has 2 saturated carbocycles. The molecule has 0 bridgehead atoms. The number of rotatable bonds is 6. The molecule has 4 rings (SSSR count). The number of carbonyl (C=O) groups is 1. The van der Waals surface area contributed by atoms with Crippen LogP contribution in [-0.4, -0.2) is 43.9 Å². The van der Waals surface area contributed by atoms with Gasteiger partial charge >= 0.3 is 0 Å². The predicted octanol–water partition coefficient (Wildman–Crippen LogP) is 2.71. The lowest BCUT2D eigenvalue weighted by Crippen LogP contribution is -2.35. The van der Waals surface area contributed by atoms with E-state index in [9.17, 15) is 13.2 Å². The number of fused-ring (bicyclic) bond motifs is 1. The molecule has 3 fully saturated rings. The molecule has 2 unspecified atom stereocenters. The van der Waals surface area contributed by atoms with Gasteiger partial charge in [-0.2, -0.15) is 4.31 Å². The molecule has 0 aromatic heterocycles. The Hall–Kier alpha value is -1.86. The molecule has 2 aliphatic carbocycles. The zero-order valence-electron chi connectivity index (χ0n) is 16.0. The molecule has 6 nitrogen and oxygen atoms in total. The zero-order chi connectivity index (χ0) is 19.7. The lowest BCUT2D eigenvalue weighted by molar-refractivity contribution is -0.117. The Labute approximate surface area is 167 Å².